The minimum atomic E-state index is -1.16. The van der Waals surface area contributed by atoms with Crippen LogP contribution in [0.3, 0.4) is 0 Å². The lowest BCUT2D eigenvalue weighted by Gasteiger charge is -2.46. The molecule has 18 heavy (non-hydrogen) atoms. The summed E-state index contributed by atoms with van der Waals surface area (Å²) in [5, 5.41) is 0. The molecule has 0 heterocycles. The van der Waals surface area contributed by atoms with Gasteiger partial charge in [-0.05, 0) is 38.0 Å². The number of carbonyl (C=O) groups excluding carboxylic acids is 2. The minimum Gasteiger partial charge on any atom is -0.468 e. The Hall–Kier alpha value is -1.32. The third-order valence-corrected chi connectivity index (χ3v) is 4.58. The summed E-state index contributed by atoms with van der Waals surface area (Å²) in [6, 6.07) is 0. The molecule has 4 nitrogen and oxygen atoms in total. The van der Waals surface area contributed by atoms with Gasteiger partial charge in [-0.25, -0.2) is 0 Å². The molecule has 2 saturated carbocycles. The number of hydrogen-bond donors (Lipinski definition) is 0. The number of fused-ring (bicyclic) bond motifs is 2. The van der Waals surface area contributed by atoms with Crippen molar-refractivity contribution in [2.24, 2.45) is 17.3 Å². The van der Waals surface area contributed by atoms with Crippen LogP contribution in [-0.4, -0.2) is 26.2 Å². The zero-order chi connectivity index (χ0) is 13.3. The summed E-state index contributed by atoms with van der Waals surface area (Å²) in [5.74, 6) is -0.463. The van der Waals surface area contributed by atoms with Crippen molar-refractivity contribution < 1.29 is 19.1 Å². The number of allylic oxidation sites excluding steroid dienone is 1. The Morgan fingerprint density at radius 1 is 1.22 bits per heavy atom. The van der Waals surface area contributed by atoms with Crippen molar-refractivity contribution in [3.63, 3.8) is 0 Å². The Bertz CT molecular complexity index is 369. The quantitative estimate of drug-likeness (QED) is 0.429. The monoisotopic (exact) mass is 252 g/mol. The lowest BCUT2D eigenvalue weighted by molar-refractivity contribution is -0.177. The second kappa shape index (κ2) is 4.75. The summed E-state index contributed by atoms with van der Waals surface area (Å²) >= 11 is 0. The Kier molecular flexibility index (Phi) is 3.46. The number of methoxy groups -OCH3 is 2. The molecule has 0 amide bonds. The van der Waals surface area contributed by atoms with Gasteiger partial charge in [0.25, 0.3) is 0 Å². The molecule has 0 saturated heterocycles. The highest BCUT2D eigenvalue weighted by Gasteiger charge is 2.58. The van der Waals surface area contributed by atoms with E-state index in [1.807, 2.05) is 0 Å². The average molecular weight is 252 g/mol. The van der Waals surface area contributed by atoms with Gasteiger partial charge in [-0.15, -0.1) is 0 Å². The van der Waals surface area contributed by atoms with Crippen LogP contribution in [0, 0.1) is 17.3 Å². The number of rotatable bonds is 2. The standard InChI is InChI=1S/C14H20O4/c1-9-4-5-10-6-7-14(11(9)8-10,12(15)17-2)13(16)18-3/h10-11H,1,4-8H2,2-3H3/t10-,11+/m0/s1. The highest BCUT2D eigenvalue weighted by molar-refractivity contribution is 6.01. The van der Waals surface area contributed by atoms with Crippen LogP contribution in [0.25, 0.3) is 0 Å². The van der Waals surface area contributed by atoms with Crippen molar-refractivity contribution in [3.8, 4) is 0 Å². The van der Waals surface area contributed by atoms with E-state index in [1.54, 1.807) is 0 Å². The third kappa shape index (κ3) is 1.74. The zero-order valence-corrected chi connectivity index (χ0v) is 11.0. The second-order valence-electron chi connectivity index (χ2n) is 5.34. The maximum absolute atomic E-state index is 12.2. The summed E-state index contributed by atoms with van der Waals surface area (Å²) in [4.78, 5) is 24.3. The Morgan fingerprint density at radius 3 is 2.39 bits per heavy atom. The third-order valence-electron chi connectivity index (χ3n) is 4.58. The fraction of sp³-hybridized carbons (Fsp3) is 0.714. The predicted octanol–water partition coefficient (Wildman–Crippen LogP) is 2.09. The number of ether oxygens (including phenoxy) is 2. The summed E-state index contributed by atoms with van der Waals surface area (Å²) in [5.41, 5.74) is -0.168. The van der Waals surface area contributed by atoms with Crippen LogP contribution < -0.4 is 0 Å². The molecule has 100 valence electrons. The Morgan fingerprint density at radius 2 is 1.83 bits per heavy atom. The lowest BCUT2D eigenvalue weighted by Crippen LogP contribution is -2.52. The van der Waals surface area contributed by atoms with Gasteiger partial charge in [-0.1, -0.05) is 12.2 Å². The largest absolute Gasteiger partial charge is 0.468 e. The second-order valence-corrected chi connectivity index (χ2v) is 5.34. The molecule has 2 bridgehead atoms. The molecular formula is C14H20O4. The maximum atomic E-state index is 12.2. The first kappa shape index (κ1) is 13.1. The van der Waals surface area contributed by atoms with Crippen molar-refractivity contribution in [1.29, 1.82) is 0 Å². The van der Waals surface area contributed by atoms with Crippen LogP contribution in [0.4, 0.5) is 0 Å². The number of carbonyl (C=O) groups is 2. The average Bonchev–Trinajstić information content (AvgIpc) is 2.41. The van der Waals surface area contributed by atoms with Gasteiger partial charge in [0.1, 0.15) is 0 Å². The van der Waals surface area contributed by atoms with Gasteiger partial charge < -0.3 is 9.47 Å². The molecule has 0 aliphatic heterocycles. The van der Waals surface area contributed by atoms with Crippen molar-refractivity contribution in [1.82, 2.24) is 0 Å². The van der Waals surface area contributed by atoms with Crippen molar-refractivity contribution in [3.05, 3.63) is 12.2 Å². The minimum absolute atomic E-state index is 0.120. The van der Waals surface area contributed by atoms with E-state index in [0.29, 0.717) is 12.3 Å². The normalized spacial score (nSPS) is 29.6. The van der Waals surface area contributed by atoms with Crippen LogP contribution in [-0.2, 0) is 19.1 Å². The van der Waals surface area contributed by atoms with Crippen LogP contribution in [0.15, 0.2) is 12.2 Å². The highest BCUT2D eigenvalue weighted by Crippen LogP contribution is 2.53. The van der Waals surface area contributed by atoms with E-state index in [4.69, 9.17) is 9.47 Å². The van der Waals surface area contributed by atoms with Gasteiger partial charge in [-0.3, -0.25) is 9.59 Å². The van der Waals surface area contributed by atoms with Crippen LogP contribution in [0.1, 0.15) is 32.1 Å². The summed E-state index contributed by atoms with van der Waals surface area (Å²) in [6.07, 6.45) is 4.26. The van der Waals surface area contributed by atoms with Crippen molar-refractivity contribution in [2.75, 3.05) is 14.2 Å². The Labute approximate surface area is 107 Å². The molecule has 0 spiro atoms. The van der Waals surface area contributed by atoms with Crippen LogP contribution >= 0.6 is 0 Å². The molecule has 2 rings (SSSR count). The first-order valence-corrected chi connectivity index (χ1v) is 6.40. The molecule has 4 heteroatoms. The molecule has 0 radical (unpaired) electrons. The van der Waals surface area contributed by atoms with E-state index >= 15 is 0 Å². The van der Waals surface area contributed by atoms with Gasteiger partial charge >= 0.3 is 11.9 Å². The molecule has 2 fully saturated rings. The number of esters is 2. The lowest BCUT2D eigenvalue weighted by atomic mass is 9.57. The summed E-state index contributed by atoms with van der Waals surface area (Å²) < 4.78 is 9.75. The molecule has 0 aromatic rings. The molecule has 0 unspecified atom stereocenters. The van der Waals surface area contributed by atoms with Crippen LogP contribution in [0.5, 0.6) is 0 Å². The van der Waals surface area contributed by atoms with Crippen molar-refractivity contribution >= 4 is 11.9 Å². The van der Waals surface area contributed by atoms with E-state index < -0.39 is 17.4 Å². The fourth-order valence-electron chi connectivity index (χ4n) is 3.54. The number of hydrogen-bond acceptors (Lipinski definition) is 4. The van der Waals surface area contributed by atoms with E-state index in [2.05, 4.69) is 6.58 Å². The van der Waals surface area contributed by atoms with Crippen LogP contribution in [0.2, 0.25) is 0 Å². The van der Waals surface area contributed by atoms with Gasteiger partial charge in [-0.2, -0.15) is 0 Å². The molecule has 0 aromatic carbocycles. The van der Waals surface area contributed by atoms with E-state index in [9.17, 15) is 9.59 Å². The fourth-order valence-corrected chi connectivity index (χ4v) is 3.54. The molecule has 2 aliphatic carbocycles. The summed E-state index contributed by atoms with van der Waals surface area (Å²) in [7, 11) is 2.65. The highest BCUT2D eigenvalue weighted by atomic mass is 16.5. The smallest absolute Gasteiger partial charge is 0.323 e. The first-order chi connectivity index (χ1) is 8.56. The molecule has 0 aromatic heterocycles. The van der Waals surface area contributed by atoms with E-state index in [1.165, 1.54) is 14.2 Å². The first-order valence-electron chi connectivity index (χ1n) is 6.40. The maximum Gasteiger partial charge on any atom is 0.323 e. The predicted molar refractivity (Wildman–Crippen MR) is 65.7 cm³/mol. The summed E-state index contributed by atoms with van der Waals surface area (Å²) in [6.45, 7) is 4.05. The van der Waals surface area contributed by atoms with E-state index in [0.717, 1.165) is 31.3 Å². The van der Waals surface area contributed by atoms with E-state index in [-0.39, 0.29) is 5.92 Å². The Balaban J connectivity index is 2.42. The van der Waals surface area contributed by atoms with Gasteiger partial charge in [0, 0.05) is 5.92 Å². The molecule has 0 N–H and O–H groups in total. The molecule has 2 atom stereocenters. The molecule has 2 aliphatic rings. The van der Waals surface area contributed by atoms with Gasteiger partial charge in [0.2, 0.25) is 0 Å². The van der Waals surface area contributed by atoms with Gasteiger partial charge in [0.05, 0.1) is 14.2 Å². The van der Waals surface area contributed by atoms with Gasteiger partial charge in [0.15, 0.2) is 5.41 Å². The van der Waals surface area contributed by atoms with Crippen molar-refractivity contribution in [2.45, 2.75) is 32.1 Å². The molecular weight excluding hydrogens is 232 g/mol. The topological polar surface area (TPSA) is 52.6 Å². The SMILES string of the molecule is C=C1CC[C@H]2CCC(C(=O)OC)(C(=O)OC)[C@@H]1C2. The zero-order valence-electron chi connectivity index (χ0n) is 11.0.